The molecule has 1 fully saturated rings. The Morgan fingerprint density at radius 1 is 0.490 bits per heavy atom. The molecule has 0 aromatic heterocycles. The van der Waals surface area contributed by atoms with Crippen LogP contribution < -0.4 is 0 Å². The van der Waals surface area contributed by atoms with Gasteiger partial charge in [-0.25, -0.2) is 4.74 Å². The third kappa shape index (κ3) is 10.4. The Morgan fingerprint density at radius 3 is 1.35 bits per heavy atom. The van der Waals surface area contributed by atoms with Crippen LogP contribution in [0.3, 0.4) is 0 Å². The number of ether oxygens (including phenoxy) is 5. The van der Waals surface area contributed by atoms with Crippen LogP contribution in [0.4, 0.5) is 0 Å². The smallest absolute Gasteiger partial charge is 0.183 e. The van der Waals surface area contributed by atoms with Crippen molar-refractivity contribution in [3.63, 3.8) is 0 Å². The van der Waals surface area contributed by atoms with Crippen molar-refractivity contribution >= 4 is 6.21 Å². The van der Waals surface area contributed by atoms with E-state index in [4.69, 9.17) is 23.7 Å². The zero-order valence-corrected chi connectivity index (χ0v) is 27.5. The summed E-state index contributed by atoms with van der Waals surface area (Å²) < 4.78 is 34.1. The lowest BCUT2D eigenvalue weighted by Crippen LogP contribution is -2.62. The first-order valence-electron chi connectivity index (χ1n) is 16.8. The van der Waals surface area contributed by atoms with Crippen LogP contribution >= 0.6 is 0 Å². The van der Waals surface area contributed by atoms with Gasteiger partial charge in [0.2, 0.25) is 0 Å². The fourth-order valence-corrected chi connectivity index (χ4v) is 5.92. The van der Waals surface area contributed by atoms with Crippen molar-refractivity contribution < 1.29 is 28.4 Å². The molecule has 0 amide bonds. The molecule has 5 atom stereocenters. The minimum absolute atomic E-state index is 0.171. The summed E-state index contributed by atoms with van der Waals surface area (Å²) >= 11 is 0. The second-order valence-electron chi connectivity index (χ2n) is 12.1. The van der Waals surface area contributed by atoms with Crippen LogP contribution in [0.2, 0.25) is 0 Å². The van der Waals surface area contributed by atoms with E-state index in [0.717, 1.165) is 32.6 Å². The first-order valence-corrected chi connectivity index (χ1v) is 16.8. The van der Waals surface area contributed by atoms with Gasteiger partial charge in [0.15, 0.2) is 18.9 Å². The lowest BCUT2D eigenvalue weighted by Gasteiger charge is -2.44. The van der Waals surface area contributed by atoms with Crippen LogP contribution in [0.15, 0.2) is 152 Å². The summed E-state index contributed by atoms with van der Waals surface area (Å²) in [6, 6.07) is 49.7. The van der Waals surface area contributed by atoms with Crippen LogP contribution in [0, 0.1) is 5.21 Å². The third-order valence-corrected chi connectivity index (χ3v) is 8.41. The summed E-state index contributed by atoms with van der Waals surface area (Å²) in [7, 11) is 0. The number of hydrogen-bond donors (Lipinski definition) is 0. The Morgan fingerprint density at radius 2 is 0.878 bits per heavy atom. The lowest BCUT2D eigenvalue weighted by molar-refractivity contribution is -0.474. The zero-order valence-electron chi connectivity index (χ0n) is 27.5. The van der Waals surface area contributed by atoms with Gasteiger partial charge in [-0.3, -0.25) is 0 Å². The second kappa shape index (κ2) is 18.2. The minimum atomic E-state index is -0.743. The van der Waals surface area contributed by atoms with Crippen molar-refractivity contribution in [1.29, 1.82) is 0 Å². The van der Waals surface area contributed by atoms with Gasteiger partial charge >= 0.3 is 0 Å². The molecule has 0 radical (unpaired) electrons. The Balaban J connectivity index is 1.32. The second-order valence-corrected chi connectivity index (χ2v) is 12.1. The van der Waals surface area contributed by atoms with Crippen LogP contribution in [0.5, 0.6) is 0 Å². The first kappa shape index (κ1) is 34.2. The fraction of sp³-hybridized carbons (Fsp3) is 0.262. The van der Waals surface area contributed by atoms with E-state index in [-0.39, 0.29) is 13.2 Å². The Bertz CT molecular complexity index is 1670. The molecule has 6 rings (SSSR count). The number of hydroxylamine groups is 1. The molecule has 7 heteroatoms. The van der Waals surface area contributed by atoms with Crippen molar-refractivity contribution in [3.8, 4) is 0 Å². The Labute approximate surface area is 288 Å². The average Bonchev–Trinajstić information content (AvgIpc) is 3.15. The fourth-order valence-electron chi connectivity index (χ4n) is 5.92. The molecule has 0 aliphatic carbocycles. The monoisotopic (exact) mass is 657 g/mol. The molecular formula is C42H43NO6. The molecule has 49 heavy (non-hydrogen) atoms. The van der Waals surface area contributed by atoms with Gasteiger partial charge in [-0.2, -0.15) is 0 Å². The van der Waals surface area contributed by atoms with Crippen LogP contribution in [0.25, 0.3) is 0 Å². The lowest BCUT2D eigenvalue weighted by atomic mass is 9.94. The van der Waals surface area contributed by atoms with Gasteiger partial charge in [-0.05, 0) is 22.3 Å². The zero-order chi connectivity index (χ0) is 33.5. The van der Waals surface area contributed by atoms with Gasteiger partial charge in [-0.1, -0.05) is 152 Å². The van der Waals surface area contributed by atoms with Gasteiger partial charge in [0.05, 0.1) is 33.0 Å². The van der Waals surface area contributed by atoms with E-state index < -0.39 is 30.5 Å². The molecule has 1 saturated heterocycles. The standard InChI is InChI=1S/C42H43NO6/c44-43(26-33-16-6-1-7-17-33)27-38-40(46-29-35-20-10-3-11-21-35)42(48-31-37-24-14-5-15-25-37)41(47-30-36-22-12-4-13-23-36)39(49-38)32-45-28-34-18-8-2-9-19-34/h1-25,27,38-42H,26,28-32H2/b43-27+/t38-,39+,40+,41+,42+/m0/s1. The summed E-state index contributed by atoms with van der Waals surface area (Å²) in [6.45, 7) is 1.79. The highest BCUT2D eigenvalue weighted by atomic mass is 16.6. The molecule has 0 N–H and O–H groups in total. The Kier molecular flexibility index (Phi) is 12.7. The number of rotatable bonds is 16. The van der Waals surface area contributed by atoms with Crippen molar-refractivity contribution in [2.24, 2.45) is 0 Å². The highest BCUT2D eigenvalue weighted by Gasteiger charge is 2.49. The van der Waals surface area contributed by atoms with E-state index in [1.807, 2.05) is 152 Å². The predicted molar refractivity (Wildman–Crippen MR) is 190 cm³/mol. The van der Waals surface area contributed by atoms with Crippen molar-refractivity contribution in [2.45, 2.75) is 63.5 Å². The third-order valence-electron chi connectivity index (χ3n) is 8.41. The van der Waals surface area contributed by atoms with E-state index in [1.54, 1.807) is 6.21 Å². The maximum absolute atomic E-state index is 13.5. The average molecular weight is 658 g/mol. The summed E-state index contributed by atoms with van der Waals surface area (Å²) in [5.41, 5.74) is 5.00. The minimum Gasteiger partial charge on any atom is -0.624 e. The predicted octanol–water partition coefficient (Wildman–Crippen LogP) is 7.51. The molecule has 1 aliphatic rings. The quantitative estimate of drug-likeness (QED) is 0.0474. The van der Waals surface area contributed by atoms with Crippen molar-refractivity contribution in [3.05, 3.63) is 185 Å². The van der Waals surface area contributed by atoms with Crippen LogP contribution in [0.1, 0.15) is 27.8 Å². The van der Waals surface area contributed by atoms with Gasteiger partial charge in [0.1, 0.15) is 24.4 Å². The molecule has 0 spiro atoms. The van der Waals surface area contributed by atoms with Gasteiger partial charge in [0.25, 0.3) is 0 Å². The van der Waals surface area contributed by atoms with Gasteiger partial charge in [-0.15, -0.1) is 0 Å². The topological polar surface area (TPSA) is 72.2 Å². The molecule has 5 aromatic rings. The van der Waals surface area contributed by atoms with Crippen LogP contribution in [-0.2, 0) is 56.7 Å². The molecule has 1 heterocycles. The SMILES string of the molecule is [O-]/[N+](=C/[C@@H]1O[C@H](COCc2ccccc2)[C@@H](OCc2ccccc2)[C@H](OCc2ccccc2)[C@@H]1OCc1ccccc1)Cc1ccccc1. The van der Waals surface area contributed by atoms with Gasteiger partial charge < -0.3 is 28.9 Å². The number of hydrogen-bond acceptors (Lipinski definition) is 6. The summed E-state index contributed by atoms with van der Waals surface area (Å²) in [5.74, 6) is 0. The van der Waals surface area contributed by atoms with Crippen molar-refractivity contribution in [2.75, 3.05) is 6.61 Å². The van der Waals surface area contributed by atoms with E-state index in [2.05, 4.69) is 0 Å². The molecule has 7 nitrogen and oxygen atoms in total. The number of benzene rings is 5. The molecule has 252 valence electrons. The molecule has 1 aliphatic heterocycles. The normalized spacial score (nSPS) is 21.0. The molecule has 5 aromatic carbocycles. The summed E-state index contributed by atoms with van der Waals surface area (Å²) in [4.78, 5) is 0. The van der Waals surface area contributed by atoms with E-state index in [0.29, 0.717) is 26.4 Å². The van der Waals surface area contributed by atoms with Crippen LogP contribution in [-0.4, -0.2) is 48.1 Å². The molecule has 0 bridgehead atoms. The van der Waals surface area contributed by atoms with Crippen molar-refractivity contribution in [1.82, 2.24) is 0 Å². The van der Waals surface area contributed by atoms with Gasteiger partial charge in [0, 0.05) is 5.56 Å². The highest BCUT2D eigenvalue weighted by Crippen LogP contribution is 2.31. The first-order chi connectivity index (χ1) is 24.2. The highest BCUT2D eigenvalue weighted by molar-refractivity contribution is 5.59. The summed E-state index contributed by atoms with van der Waals surface area (Å²) in [5, 5.41) is 13.5. The Hall–Kier alpha value is -4.63. The van der Waals surface area contributed by atoms with E-state index in [9.17, 15) is 5.21 Å². The van der Waals surface area contributed by atoms with E-state index in [1.165, 1.54) is 0 Å². The molecule has 0 unspecified atom stereocenters. The van der Waals surface area contributed by atoms with E-state index >= 15 is 0 Å². The molecule has 0 saturated carbocycles. The molecular weight excluding hydrogens is 614 g/mol. The number of nitrogens with zero attached hydrogens (tertiary/aromatic N) is 1. The largest absolute Gasteiger partial charge is 0.624 e. The maximum atomic E-state index is 13.5. The summed E-state index contributed by atoms with van der Waals surface area (Å²) in [6.07, 6.45) is -1.57. The maximum Gasteiger partial charge on any atom is 0.183 e.